The number of Topliss-reactive ketones (excluding diaryl/α,β-unsaturated/α-hetero) is 2. The summed E-state index contributed by atoms with van der Waals surface area (Å²) in [6, 6.07) is 8.83. The predicted molar refractivity (Wildman–Crippen MR) is 72.6 cm³/mol. The van der Waals surface area contributed by atoms with Crippen molar-refractivity contribution in [1.82, 2.24) is 0 Å². The maximum Gasteiger partial charge on any atom is 0.454 e. The van der Waals surface area contributed by atoms with Gasteiger partial charge in [-0.25, -0.2) is 0 Å². The molecule has 0 fully saturated rings. The predicted octanol–water partition coefficient (Wildman–Crippen LogP) is 4.84. The molecular formula is C16H8F6O2. The molecule has 8 heteroatoms. The Morgan fingerprint density at radius 1 is 0.542 bits per heavy atom. The number of alkyl halides is 6. The molecule has 0 aliphatic rings. The first kappa shape index (κ1) is 17.7. The third kappa shape index (κ3) is 3.81. The largest absolute Gasteiger partial charge is 0.454 e. The highest BCUT2D eigenvalue weighted by Gasteiger charge is 2.39. The van der Waals surface area contributed by atoms with Crippen LogP contribution in [-0.2, 0) is 0 Å². The lowest BCUT2D eigenvalue weighted by Gasteiger charge is -2.08. The Bertz CT molecular complexity index is 688. The van der Waals surface area contributed by atoms with E-state index in [-0.39, 0.29) is 0 Å². The minimum Gasteiger partial charge on any atom is -0.284 e. The number of carbonyl (C=O) groups is 2. The number of halogens is 6. The molecule has 2 nitrogen and oxygen atoms in total. The Labute approximate surface area is 131 Å². The molecule has 0 bridgehead atoms. The smallest absolute Gasteiger partial charge is 0.284 e. The first-order valence-electron chi connectivity index (χ1n) is 6.43. The van der Waals surface area contributed by atoms with E-state index in [9.17, 15) is 35.9 Å². The number of benzene rings is 2. The highest BCUT2D eigenvalue weighted by Crippen LogP contribution is 2.26. The topological polar surface area (TPSA) is 34.1 Å². The Balaban J connectivity index is 2.24. The van der Waals surface area contributed by atoms with Crippen molar-refractivity contribution in [2.24, 2.45) is 0 Å². The van der Waals surface area contributed by atoms with Crippen molar-refractivity contribution in [2.75, 3.05) is 0 Å². The third-order valence-corrected chi connectivity index (χ3v) is 3.14. The number of ketones is 2. The molecular weight excluding hydrogens is 338 g/mol. The molecule has 0 spiro atoms. The fraction of sp³-hybridized carbons (Fsp3) is 0.125. The van der Waals surface area contributed by atoms with E-state index in [1.165, 1.54) is 24.3 Å². The zero-order valence-corrected chi connectivity index (χ0v) is 11.7. The minimum atomic E-state index is -4.98. The van der Waals surface area contributed by atoms with Crippen LogP contribution in [0.2, 0.25) is 0 Å². The van der Waals surface area contributed by atoms with E-state index in [1.807, 2.05) is 0 Å². The molecule has 0 unspecified atom stereocenters. The van der Waals surface area contributed by atoms with Crippen LogP contribution in [-0.4, -0.2) is 23.9 Å². The molecule has 0 aromatic heterocycles. The Morgan fingerprint density at radius 2 is 0.792 bits per heavy atom. The number of rotatable bonds is 3. The van der Waals surface area contributed by atoms with Crippen LogP contribution >= 0.6 is 0 Å². The van der Waals surface area contributed by atoms with E-state index in [0.29, 0.717) is 11.1 Å². The van der Waals surface area contributed by atoms with Gasteiger partial charge in [0.05, 0.1) is 0 Å². The van der Waals surface area contributed by atoms with E-state index >= 15 is 0 Å². The average Bonchev–Trinajstić information content (AvgIpc) is 2.52. The molecule has 0 saturated heterocycles. The van der Waals surface area contributed by atoms with Crippen molar-refractivity contribution in [1.29, 1.82) is 0 Å². The van der Waals surface area contributed by atoms with Gasteiger partial charge in [-0.05, 0) is 11.1 Å². The van der Waals surface area contributed by atoms with Gasteiger partial charge in [-0.1, -0.05) is 48.5 Å². The highest BCUT2D eigenvalue weighted by atomic mass is 19.4. The SMILES string of the molecule is O=C(c1ccc(-c2ccc(C(=O)C(F)(F)F)cc2)cc1)C(F)(F)F. The fourth-order valence-electron chi connectivity index (χ4n) is 1.96. The zero-order chi connectivity index (χ0) is 18.1. The molecule has 0 aliphatic heterocycles. The van der Waals surface area contributed by atoms with Gasteiger partial charge in [0.25, 0.3) is 11.6 Å². The monoisotopic (exact) mass is 346 g/mol. The van der Waals surface area contributed by atoms with Gasteiger partial charge in [0.15, 0.2) is 0 Å². The lowest BCUT2D eigenvalue weighted by atomic mass is 10.00. The summed E-state index contributed by atoms with van der Waals surface area (Å²) >= 11 is 0. The lowest BCUT2D eigenvalue weighted by Crippen LogP contribution is -2.22. The maximum atomic E-state index is 12.3. The van der Waals surface area contributed by atoms with Gasteiger partial charge >= 0.3 is 12.4 Å². The Kier molecular flexibility index (Phi) is 4.50. The fourth-order valence-corrected chi connectivity index (χ4v) is 1.96. The second-order valence-corrected chi connectivity index (χ2v) is 4.81. The van der Waals surface area contributed by atoms with Crippen LogP contribution in [0.5, 0.6) is 0 Å². The summed E-state index contributed by atoms with van der Waals surface area (Å²) in [6.45, 7) is 0. The number of carbonyl (C=O) groups excluding carboxylic acids is 2. The summed E-state index contributed by atoms with van der Waals surface area (Å²) in [5, 5.41) is 0. The van der Waals surface area contributed by atoms with Crippen molar-refractivity contribution in [3.05, 3.63) is 59.7 Å². The van der Waals surface area contributed by atoms with Gasteiger partial charge in [0.2, 0.25) is 0 Å². The van der Waals surface area contributed by atoms with Gasteiger partial charge in [0, 0.05) is 11.1 Å². The van der Waals surface area contributed by atoms with Crippen LogP contribution in [0.4, 0.5) is 26.3 Å². The molecule has 2 aromatic carbocycles. The number of hydrogen-bond donors (Lipinski definition) is 0. The van der Waals surface area contributed by atoms with Gasteiger partial charge in [-0.15, -0.1) is 0 Å². The third-order valence-electron chi connectivity index (χ3n) is 3.14. The standard InChI is InChI=1S/C16H8F6O2/c17-15(18,19)13(23)11-5-1-9(2-6-11)10-3-7-12(8-4-10)14(24)16(20,21)22/h1-8H. The summed E-state index contributed by atoms with van der Waals surface area (Å²) in [5.74, 6) is -3.97. The molecule has 0 aliphatic carbocycles. The van der Waals surface area contributed by atoms with Gasteiger partial charge < -0.3 is 0 Å². The molecule has 0 amide bonds. The van der Waals surface area contributed by atoms with Crippen molar-refractivity contribution < 1.29 is 35.9 Å². The first-order chi connectivity index (χ1) is 11.0. The average molecular weight is 346 g/mol. The van der Waals surface area contributed by atoms with E-state index in [0.717, 1.165) is 24.3 Å². The second kappa shape index (κ2) is 6.10. The quantitative estimate of drug-likeness (QED) is 0.588. The summed E-state index contributed by atoms with van der Waals surface area (Å²) in [7, 11) is 0. The molecule has 0 radical (unpaired) electrons. The first-order valence-corrected chi connectivity index (χ1v) is 6.43. The minimum absolute atomic E-state index is 0.389. The lowest BCUT2D eigenvalue weighted by molar-refractivity contribution is -0.0888. The zero-order valence-electron chi connectivity index (χ0n) is 11.7. The van der Waals surface area contributed by atoms with E-state index in [1.54, 1.807) is 0 Å². The van der Waals surface area contributed by atoms with Gasteiger partial charge in [0.1, 0.15) is 0 Å². The van der Waals surface area contributed by atoms with Crippen molar-refractivity contribution in [3.8, 4) is 11.1 Å². The summed E-state index contributed by atoms with van der Waals surface area (Å²) in [6.07, 6.45) is -9.97. The molecule has 0 saturated carbocycles. The summed E-state index contributed by atoms with van der Waals surface area (Å²) in [5.41, 5.74) is -0.315. The van der Waals surface area contributed by atoms with Gasteiger partial charge in [-0.3, -0.25) is 9.59 Å². The molecule has 2 rings (SSSR count). The highest BCUT2D eigenvalue weighted by molar-refractivity contribution is 6.01. The molecule has 24 heavy (non-hydrogen) atoms. The molecule has 0 atom stereocenters. The summed E-state index contributed by atoms with van der Waals surface area (Å²) < 4.78 is 73.8. The van der Waals surface area contributed by atoms with Crippen molar-refractivity contribution in [2.45, 2.75) is 12.4 Å². The summed E-state index contributed by atoms with van der Waals surface area (Å²) in [4.78, 5) is 22.1. The second-order valence-electron chi connectivity index (χ2n) is 4.81. The Hall–Kier alpha value is -2.64. The van der Waals surface area contributed by atoms with E-state index in [2.05, 4.69) is 0 Å². The van der Waals surface area contributed by atoms with Crippen molar-refractivity contribution in [3.63, 3.8) is 0 Å². The van der Waals surface area contributed by atoms with Crippen LogP contribution in [0.15, 0.2) is 48.5 Å². The Morgan fingerprint density at radius 3 is 1.00 bits per heavy atom. The molecule has 2 aromatic rings. The van der Waals surface area contributed by atoms with Crippen LogP contribution in [0.25, 0.3) is 11.1 Å². The van der Waals surface area contributed by atoms with Crippen LogP contribution in [0.3, 0.4) is 0 Å². The van der Waals surface area contributed by atoms with Crippen LogP contribution in [0, 0.1) is 0 Å². The van der Waals surface area contributed by atoms with Crippen LogP contribution < -0.4 is 0 Å². The normalized spacial score (nSPS) is 12.1. The van der Waals surface area contributed by atoms with E-state index < -0.39 is 35.0 Å². The molecule has 0 heterocycles. The molecule has 0 N–H and O–H groups in total. The maximum absolute atomic E-state index is 12.3. The number of hydrogen-bond acceptors (Lipinski definition) is 2. The van der Waals surface area contributed by atoms with E-state index in [4.69, 9.17) is 0 Å². The van der Waals surface area contributed by atoms with Crippen LogP contribution in [0.1, 0.15) is 20.7 Å². The van der Waals surface area contributed by atoms with Gasteiger partial charge in [-0.2, -0.15) is 26.3 Å². The van der Waals surface area contributed by atoms with Crippen molar-refractivity contribution >= 4 is 11.6 Å². The molecule has 126 valence electrons.